The fraction of sp³-hybridized carbons (Fsp3) is 0.273. The minimum atomic E-state index is -0.111. The molecule has 0 saturated heterocycles. The second kappa shape index (κ2) is 4.54. The molecule has 74 valence electrons. The van der Waals surface area contributed by atoms with Gasteiger partial charge in [0.1, 0.15) is 0 Å². The molecular weight excluding hydrogens is 180 g/mol. The molecule has 1 aromatic carbocycles. The Morgan fingerprint density at radius 2 is 1.86 bits per heavy atom. The largest absolute Gasteiger partial charge is 0.493 e. The van der Waals surface area contributed by atoms with Crippen LogP contribution >= 0.6 is 0 Å². The Balaban J connectivity index is 3.30. The van der Waals surface area contributed by atoms with E-state index in [-0.39, 0.29) is 6.61 Å². The summed E-state index contributed by atoms with van der Waals surface area (Å²) in [5.74, 6) is 3.61. The normalized spacial score (nSPS) is 9.29. The molecule has 0 atom stereocenters. The Morgan fingerprint density at radius 1 is 1.29 bits per heavy atom. The van der Waals surface area contributed by atoms with Gasteiger partial charge in [0.2, 0.25) is 0 Å². The molecule has 0 amide bonds. The second-order valence-electron chi connectivity index (χ2n) is 2.67. The maximum Gasteiger partial charge on any atom is 0.161 e. The predicted molar refractivity (Wildman–Crippen MR) is 53.4 cm³/mol. The zero-order chi connectivity index (χ0) is 10.6. The van der Waals surface area contributed by atoms with Crippen molar-refractivity contribution in [3.63, 3.8) is 0 Å². The monoisotopic (exact) mass is 192 g/mol. The van der Waals surface area contributed by atoms with Gasteiger partial charge in [0, 0.05) is 5.56 Å². The van der Waals surface area contributed by atoms with Crippen LogP contribution in [0.15, 0.2) is 12.1 Å². The van der Waals surface area contributed by atoms with Crippen molar-refractivity contribution >= 4 is 0 Å². The second-order valence-corrected chi connectivity index (χ2v) is 2.67. The molecular formula is C11H12O3. The van der Waals surface area contributed by atoms with Gasteiger partial charge in [-0.3, -0.25) is 0 Å². The van der Waals surface area contributed by atoms with Crippen molar-refractivity contribution in [2.45, 2.75) is 6.61 Å². The molecule has 3 heteroatoms. The highest BCUT2D eigenvalue weighted by Crippen LogP contribution is 2.30. The van der Waals surface area contributed by atoms with Gasteiger partial charge >= 0.3 is 0 Å². The third kappa shape index (κ3) is 1.81. The molecule has 0 unspecified atom stereocenters. The highest BCUT2D eigenvalue weighted by atomic mass is 16.5. The first kappa shape index (κ1) is 10.4. The van der Waals surface area contributed by atoms with E-state index < -0.39 is 0 Å². The van der Waals surface area contributed by atoms with Crippen LogP contribution in [0.3, 0.4) is 0 Å². The van der Waals surface area contributed by atoms with Gasteiger partial charge in [0.05, 0.1) is 20.8 Å². The van der Waals surface area contributed by atoms with Crippen LogP contribution in [0.25, 0.3) is 0 Å². The molecule has 0 heterocycles. The molecule has 0 aliphatic carbocycles. The summed E-state index contributed by atoms with van der Waals surface area (Å²) in [6.07, 6.45) is 5.28. The summed E-state index contributed by atoms with van der Waals surface area (Å²) in [5, 5.41) is 9.04. The van der Waals surface area contributed by atoms with Crippen molar-refractivity contribution in [1.82, 2.24) is 0 Å². The molecule has 1 aromatic rings. The van der Waals surface area contributed by atoms with E-state index >= 15 is 0 Å². The molecule has 0 aliphatic rings. The van der Waals surface area contributed by atoms with Crippen molar-refractivity contribution in [3.8, 4) is 23.8 Å². The SMILES string of the molecule is C#Cc1cc(OC)c(OC)cc1CO. The van der Waals surface area contributed by atoms with Crippen LogP contribution in [0.2, 0.25) is 0 Å². The predicted octanol–water partition coefficient (Wildman–Crippen LogP) is 1.18. The van der Waals surface area contributed by atoms with Crippen LogP contribution in [-0.2, 0) is 6.61 Å². The van der Waals surface area contributed by atoms with E-state index in [9.17, 15) is 0 Å². The number of benzene rings is 1. The summed E-state index contributed by atoms with van der Waals surface area (Å²) in [7, 11) is 3.07. The summed E-state index contributed by atoms with van der Waals surface area (Å²) in [5.41, 5.74) is 1.27. The zero-order valence-electron chi connectivity index (χ0n) is 8.20. The van der Waals surface area contributed by atoms with Gasteiger partial charge in [-0.25, -0.2) is 0 Å². The fourth-order valence-corrected chi connectivity index (χ4v) is 1.19. The summed E-state index contributed by atoms with van der Waals surface area (Å²) in [4.78, 5) is 0. The summed E-state index contributed by atoms with van der Waals surface area (Å²) in [6.45, 7) is -0.111. The van der Waals surface area contributed by atoms with Crippen molar-refractivity contribution in [2.24, 2.45) is 0 Å². The minimum absolute atomic E-state index is 0.111. The first-order valence-corrected chi connectivity index (χ1v) is 4.09. The number of methoxy groups -OCH3 is 2. The van der Waals surface area contributed by atoms with E-state index in [0.717, 1.165) is 0 Å². The lowest BCUT2D eigenvalue weighted by Crippen LogP contribution is -1.96. The molecule has 0 radical (unpaired) electrons. The Morgan fingerprint density at radius 3 is 2.29 bits per heavy atom. The maximum atomic E-state index is 9.04. The maximum absolute atomic E-state index is 9.04. The molecule has 1 N–H and O–H groups in total. The number of aliphatic hydroxyl groups is 1. The van der Waals surface area contributed by atoms with E-state index in [1.165, 1.54) is 14.2 Å². The van der Waals surface area contributed by atoms with Crippen LogP contribution in [0.5, 0.6) is 11.5 Å². The summed E-state index contributed by atoms with van der Waals surface area (Å²) in [6, 6.07) is 3.35. The van der Waals surface area contributed by atoms with Crippen LogP contribution in [0.1, 0.15) is 11.1 Å². The van der Waals surface area contributed by atoms with Crippen LogP contribution in [0, 0.1) is 12.3 Å². The van der Waals surface area contributed by atoms with Gasteiger partial charge in [-0.2, -0.15) is 0 Å². The summed E-state index contributed by atoms with van der Waals surface area (Å²) < 4.78 is 10.1. The molecule has 0 fully saturated rings. The third-order valence-corrected chi connectivity index (χ3v) is 1.94. The molecule has 0 saturated carbocycles. The number of hydrogen-bond acceptors (Lipinski definition) is 3. The van der Waals surface area contributed by atoms with E-state index in [0.29, 0.717) is 22.6 Å². The van der Waals surface area contributed by atoms with Gasteiger partial charge in [-0.05, 0) is 17.7 Å². The highest BCUT2D eigenvalue weighted by molar-refractivity contribution is 5.52. The fourth-order valence-electron chi connectivity index (χ4n) is 1.19. The highest BCUT2D eigenvalue weighted by Gasteiger charge is 2.08. The van der Waals surface area contributed by atoms with Crippen LogP contribution in [0.4, 0.5) is 0 Å². The Kier molecular flexibility index (Phi) is 3.38. The number of rotatable bonds is 3. The lowest BCUT2D eigenvalue weighted by atomic mass is 10.1. The lowest BCUT2D eigenvalue weighted by Gasteiger charge is -2.10. The number of terminal acetylenes is 1. The number of ether oxygens (including phenoxy) is 2. The molecule has 0 aromatic heterocycles. The standard InChI is InChI=1S/C11H12O3/c1-4-8-5-10(13-2)11(14-3)6-9(8)7-12/h1,5-6,12H,7H2,2-3H3. The molecule has 0 bridgehead atoms. The van der Waals surface area contributed by atoms with Gasteiger partial charge < -0.3 is 14.6 Å². The smallest absolute Gasteiger partial charge is 0.161 e. The van der Waals surface area contributed by atoms with E-state index in [1.54, 1.807) is 12.1 Å². The van der Waals surface area contributed by atoms with Crippen molar-refractivity contribution in [2.75, 3.05) is 14.2 Å². The van der Waals surface area contributed by atoms with Crippen molar-refractivity contribution < 1.29 is 14.6 Å². The first-order chi connectivity index (χ1) is 6.76. The first-order valence-electron chi connectivity index (χ1n) is 4.09. The van der Waals surface area contributed by atoms with E-state index in [2.05, 4.69) is 5.92 Å². The number of hydrogen-bond donors (Lipinski definition) is 1. The van der Waals surface area contributed by atoms with E-state index in [4.69, 9.17) is 21.0 Å². The zero-order valence-corrected chi connectivity index (χ0v) is 8.20. The lowest BCUT2D eigenvalue weighted by molar-refractivity contribution is 0.280. The molecule has 14 heavy (non-hydrogen) atoms. The Bertz CT molecular complexity index is 364. The summed E-state index contributed by atoms with van der Waals surface area (Å²) >= 11 is 0. The van der Waals surface area contributed by atoms with Gasteiger partial charge in [0.25, 0.3) is 0 Å². The number of aliphatic hydroxyl groups excluding tert-OH is 1. The van der Waals surface area contributed by atoms with Crippen LogP contribution < -0.4 is 9.47 Å². The molecule has 3 nitrogen and oxygen atoms in total. The van der Waals surface area contributed by atoms with Crippen molar-refractivity contribution in [3.05, 3.63) is 23.3 Å². The molecule has 0 aliphatic heterocycles. The Labute approximate surface area is 83.3 Å². The molecule has 0 spiro atoms. The molecule has 1 rings (SSSR count). The minimum Gasteiger partial charge on any atom is -0.493 e. The van der Waals surface area contributed by atoms with Crippen molar-refractivity contribution in [1.29, 1.82) is 0 Å². The average Bonchev–Trinajstić information content (AvgIpc) is 2.26. The topological polar surface area (TPSA) is 38.7 Å². The average molecular weight is 192 g/mol. The Hall–Kier alpha value is -1.66. The van der Waals surface area contributed by atoms with E-state index in [1.807, 2.05) is 0 Å². The van der Waals surface area contributed by atoms with Gasteiger partial charge in [-0.1, -0.05) is 5.92 Å². The third-order valence-electron chi connectivity index (χ3n) is 1.94. The quantitative estimate of drug-likeness (QED) is 0.731. The van der Waals surface area contributed by atoms with Gasteiger partial charge in [0.15, 0.2) is 11.5 Å². The van der Waals surface area contributed by atoms with Crippen LogP contribution in [-0.4, -0.2) is 19.3 Å². The van der Waals surface area contributed by atoms with Gasteiger partial charge in [-0.15, -0.1) is 6.42 Å².